The quantitative estimate of drug-likeness (QED) is 0.165. The van der Waals surface area contributed by atoms with Gasteiger partial charge in [0.05, 0.1) is 24.7 Å². The average Bonchev–Trinajstić information content (AvgIpc) is 2.54. The Hall–Kier alpha value is -2.77. The highest BCUT2D eigenvalue weighted by atomic mass is 16.3. The molecule has 0 bridgehead atoms. The van der Waals surface area contributed by atoms with E-state index < -0.39 is 72.3 Å². The molecule has 0 spiro atoms. The van der Waals surface area contributed by atoms with Crippen LogP contribution < -0.4 is 33.2 Å². The smallest absolute Gasteiger partial charge is 0.245 e. The van der Waals surface area contributed by atoms with Crippen LogP contribution in [0.4, 0.5) is 0 Å². The Labute approximate surface area is 161 Å². The molecule has 0 unspecified atom stereocenters. The lowest BCUT2D eigenvalue weighted by Gasteiger charge is -2.26. The largest absolute Gasteiger partial charge is 0.391 e. The first-order valence-corrected chi connectivity index (χ1v) is 8.38. The Morgan fingerprint density at radius 3 is 1.61 bits per heavy atom. The van der Waals surface area contributed by atoms with Crippen LogP contribution in [0.3, 0.4) is 0 Å². The van der Waals surface area contributed by atoms with Crippen molar-refractivity contribution in [3.05, 3.63) is 0 Å². The number of hydrogen-bond donors (Lipinski definition) is 8. The molecule has 0 saturated carbocycles. The number of aliphatic hydroxyl groups excluding tert-OH is 2. The first-order chi connectivity index (χ1) is 12.8. The van der Waals surface area contributed by atoms with Gasteiger partial charge in [-0.1, -0.05) is 0 Å². The van der Waals surface area contributed by atoms with Crippen LogP contribution in [0.15, 0.2) is 0 Å². The average molecular weight is 404 g/mol. The molecule has 0 fully saturated rings. The van der Waals surface area contributed by atoms with Gasteiger partial charge in [0.15, 0.2) is 0 Å². The third-order valence-corrected chi connectivity index (χ3v) is 3.60. The summed E-state index contributed by atoms with van der Waals surface area (Å²) in [7, 11) is 0. The molecule has 0 saturated heterocycles. The number of primary amides is 2. The number of carbonyl (C=O) groups is 5. The number of aliphatic hydroxyl groups is 2. The van der Waals surface area contributed by atoms with E-state index >= 15 is 0 Å². The Morgan fingerprint density at radius 2 is 1.25 bits per heavy atom. The molecular formula is C15H28N6O7. The molecule has 0 aliphatic heterocycles. The maximum atomic E-state index is 12.4. The Morgan fingerprint density at radius 1 is 0.786 bits per heavy atom. The fourth-order valence-electron chi connectivity index (χ4n) is 2.05. The summed E-state index contributed by atoms with van der Waals surface area (Å²) in [4.78, 5) is 59.0. The van der Waals surface area contributed by atoms with E-state index in [0.717, 1.165) is 0 Å². The van der Waals surface area contributed by atoms with E-state index in [2.05, 4.69) is 16.0 Å². The maximum Gasteiger partial charge on any atom is 0.245 e. The zero-order chi connectivity index (χ0) is 22.2. The van der Waals surface area contributed by atoms with E-state index in [-0.39, 0.29) is 0 Å². The Kier molecular flexibility index (Phi) is 10.1. The second-order valence-electron chi connectivity index (χ2n) is 6.38. The highest BCUT2D eigenvalue weighted by molar-refractivity contribution is 5.96. The summed E-state index contributed by atoms with van der Waals surface area (Å²) < 4.78 is 0. The van der Waals surface area contributed by atoms with Crippen molar-refractivity contribution in [3.8, 4) is 0 Å². The lowest BCUT2D eigenvalue weighted by Crippen LogP contribution is -2.61. The second-order valence-corrected chi connectivity index (χ2v) is 6.38. The van der Waals surface area contributed by atoms with E-state index in [4.69, 9.17) is 17.2 Å². The minimum Gasteiger partial charge on any atom is -0.391 e. The minimum atomic E-state index is -1.56. The molecule has 6 atom stereocenters. The van der Waals surface area contributed by atoms with Crippen LogP contribution in [0.5, 0.6) is 0 Å². The monoisotopic (exact) mass is 404 g/mol. The van der Waals surface area contributed by atoms with Crippen LogP contribution in [0.2, 0.25) is 0 Å². The zero-order valence-corrected chi connectivity index (χ0v) is 15.8. The van der Waals surface area contributed by atoms with Crippen molar-refractivity contribution < 1.29 is 34.2 Å². The normalized spacial score (nSPS) is 17.2. The molecule has 0 aromatic heterocycles. The van der Waals surface area contributed by atoms with Crippen molar-refractivity contribution in [2.75, 3.05) is 0 Å². The summed E-state index contributed by atoms with van der Waals surface area (Å²) in [5, 5.41) is 25.7. The number of nitrogens with two attached hydrogens (primary N) is 3. The Bertz CT molecular complexity index is 608. The molecule has 0 aliphatic rings. The molecule has 13 heteroatoms. The summed E-state index contributed by atoms with van der Waals surface area (Å²) in [6, 6.07) is -5.49. The summed E-state index contributed by atoms with van der Waals surface area (Å²) >= 11 is 0. The lowest BCUT2D eigenvalue weighted by molar-refractivity contribution is -0.136. The molecule has 0 aromatic carbocycles. The summed E-state index contributed by atoms with van der Waals surface area (Å²) in [6.45, 7) is 3.77. The van der Waals surface area contributed by atoms with Crippen molar-refractivity contribution in [3.63, 3.8) is 0 Å². The van der Waals surface area contributed by atoms with Crippen LogP contribution in [-0.2, 0) is 24.0 Å². The molecular weight excluding hydrogens is 376 g/mol. The molecule has 0 radical (unpaired) electrons. The fourth-order valence-corrected chi connectivity index (χ4v) is 2.05. The topological polar surface area (TPSA) is 240 Å². The SMILES string of the molecule is C[C@H](N)C(=O)N[C@H](C(=O)N[C@@H](CC(N)=O)C(=O)N[C@H](C(N)=O)[C@@H](C)O)[C@@H](C)O. The van der Waals surface area contributed by atoms with Gasteiger partial charge < -0.3 is 43.4 Å². The lowest BCUT2D eigenvalue weighted by atomic mass is 10.1. The van der Waals surface area contributed by atoms with E-state index in [1.807, 2.05) is 0 Å². The highest BCUT2D eigenvalue weighted by Gasteiger charge is 2.33. The molecule has 160 valence electrons. The fraction of sp³-hybridized carbons (Fsp3) is 0.667. The van der Waals surface area contributed by atoms with Crippen molar-refractivity contribution >= 4 is 29.5 Å². The van der Waals surface area contributed by atoms with Gasteiger partial charge in [0.1, 0.15) is 18.1 Å². The third kappa shape index (κ3) is 8.28. The van der Waals surface area contributed by atoms with Gasteiger partial charge in [0.25, 0.3) is 0 Å². The van der Waals surface area contributed by atoms with Gasteiger partial charge in [-0.05, 0) is 20.8 Å². The predicted octanol–water partition coefficient (Wildman–Crippen LogP) is -5.09. The number of amides is 5. The molecule has 28 heavy (non-hydrogen) atoms. The number of hydrogen-bond acceptors (Lipinski definition) is 8. The first-order valence-electron chi connectivity index (χ1n) is 8.38. The molecule has 0 rings (SSSR count). The Balaban J connectivity index is 5.41. The van der Waals surface area contributed by atoms with Gasteiger partial charge in [0, 0.05) is 0 Å². The van der Waals surface area contributed by atoms with E-state index in [9.17, 15) is 34.2 Å². The van der Waals surface area contributed by atoms with Crippen LogP contribution in [0, 0.1) is 0 Å². The molecule has 0 heterocycles. The van der Waals surface area contributed by atoms with Crippen molar-refractivity contribution in [1.82, 2.24) is 16.0 Å². The van der Waals surface area contributed by atoms with E-state index in [0.29, 0.717) is 0 Å². The first kappa shape index (κ1) is 25.2. The van der Waals surface area contributed by atoms with Gasteiger partial charge in [-0.15, -0.1) is 0 Å². The summed E-state index contributed by atoms with van der Waals surface area (Å²) in [5.74, 6) is -4.77. The van der Waals surface area contributed by atoms with Crippen LogP contribution >= 0.6 is 0 Å². The summed E-state index contributed by atoms with van der Waals surface area (Å²) in [5.41, 5.74) is 15.5. The van der Waals surface area contributed by atoms with Crippen LogP contribution in [0.1, 0.15) is 27.2 Å². The predicted molar refractivity (Wildman–Crippen MR) is 95.8 cm³/mol. The number of nitrogens with one attached hydrogen (secondary N) is 3. The van der Waals surface area contributed by atoms with E-state index in [1.54, 1.807) is 0 Å². The number of carbonyl (C=O) groups excluding carboxylic acids is 5. The van der Waals surface area contributed by atoms with Gasteiger partial charge in [-0.25, -0.2) is 0 Å². The van der Waals surface area contributed by atoms with E-state index in [1.165, 1.54) is 20.8 Å². The molecule has 13 nitrogen and oxygen atoms in total. The van der Waals surface area contributed by atoms with Crippen LogP contribution in [0.25, 0.3) is 0 Å². The van der Waals surface area contributed by atoms with Gasteiger partial charge in [-0.2, -0.15) is 0 Å². The molecule has 5 amide bonds. The third-order valence-electron chi connectivity index (χ3n) is 3.60. The van der Waals surface area contributed by atoms with Crippen molar-refractivity contribution in [2.45, 2.75) is 63.6 Å². The highest BCUT2D eigenvalue weighted by Crippen LogP contribution is 2.01. The minimum absolute atomic E-state index is 0.656. The molecule has 0 aliphatic carbocycles. The molecule has 11 N–H and O–H groups in total. The van der Waals surface area contributed by atoms with Crippen molar-refractivity contribution in [1.29, 1.82) is 0 Å². The number of rotatable bonds is 11. The second kappa shape index (κ2) is 11.2. The zero-order valence-electron chi connectivity index (χ0n) is 15.8. The van der Waals surface area contributed by atoms with Crippen molar-refractivity contribution in [2.24, 2.45) is 17.2 Å². The molecule has 0 aromatic rings. The van der Waals surface area contributed by atoms with Gasteiger partial charge >= 0.3 is 0 Å². The van der Waals surface area contributed by atoms with Gasteiger partial charge in [-0.3, -0.25) is 24.0 Å². The maximum absolute atomic E-state index is 12.4. The van der Waals surface area contributed by atoms with Crippen LogP contribution in [-0.4, -0.2) is 76.1 Å². The standard InChI is InChI=1S/C15H28N6O7/c1-5(16)13(26)21-11(7(3)23)15(28)19-8(4-9(17)24)14(27)20-10(6(2)22)12(18)25/h5-8,10-11,22-23H,4,16H2,1-3H3,(H2,17,24)(H2,18,25)(H,19,28)(H,20,27)(H,21,26)/t5-,6+,7+,8-,10-,11-/m0/s1. The van der Waals surface area contributed by atoms with Gasteiger partial charge in [0.2, 0.25) is 29.5 Å². The summed E-state index contributed by atoms with van der Waals surface area (Å²) in [6.07, 6.45) is -3.37.